The van der Waals surface area contributed by atoms with Crippen LogP contribution in [0.25, 0.3) is 0 Å². The summed E-state index contributed by atoms with van der Waals surface area (Å²) in [6.45, 7) is 2.47. The van der Waals surface area contributed by atoms with Crippen molar-refractivity contribution in [2.45, 2.75) is 38.6 Å². The predicted molar refractivity (Wildman–Crippen MR) is 74.6 cm³/mol. The Hall–Kier alpha value is -2.11. The molecule has 2 heterocycles. The van der Waals surface area contributed by atoms with E-state index in [9.17, 15) is 9.59 Å². The number of urea groups is 1. The maximum Gasteiger partial charge on any atom is 0.322 e. The number of aromatic nitrogens is 1. The summed E-state index contributed by atoms with van der Waals surface area (Å²) in [7, 11) is 0. The smallest absolute Gasteiger partial charge is 0.322 e. The number of piperidine rings is 1. The number of amides is 2. The van der Waals surface area contributed by atoms with Gasteiger partial charge < -0.3 is 15.3 Å². The van der Waals surface area contributed by atoms with E-state index in [0.717, 1.165) is 25.0 Å². The van der Waals surface area contributed by atoms with Crippen LogP contribution >= 0.6 is 0 Å². The van der Waals surface area contributed by atoms with Gasteiger partial charge in [0.2, 0.25) is 0 Å². The molecule has 0 spiro atoms. The first kappa shape index (κ1) is 14.3. The number of likely N-dealkylation sites (tertiary alicyclic amines) is 1. The second-order valence-corrected chi connectivity index (χ2v) is 5.06. The predicted octanol–water partition coefficient (Wildman–Crippen LogP) is 2.25. The highest BCUT2D eigenvalue weighted by atomic mass is 16.4. The third-order valence-corrected chi connectivity index (χ3v) is 3.46. The van der Waals surface area contributed by atoms with E-state index in [4.69, 9.17) is 5.11 Å². The van der Waals surface area contributed by atoms with Crippen molar-refractivity contribution in [2.75, 3.05) is 11.9 Å². The van der Waals surface area contributed by atoms with Crippen molar-refractivity contribution >= 4 is 17.7 Å². The highest BCUT2D eigenvalue weighted by Gasteiger charge is 2.28. The van der Waals surface area contributed by atoms with E-state index in [-0.39, 0.29) is 18.5 Å². The molecule has 1 fully saturated rings. The Morgan fingerprint density at radius 2 is 2.25 bits per heavy atom. The summed E-state index contributed by atoms with van der Waals surface area (Å²) in [5, 5.41) is 11.7. The molecule has 0 saturated carbocycles. The summed E-state index contributed by atoms with van der Waals surface area (Å²) in [6, 6.07) is 3.14. The van der Waals surface area contributed by atoms with Gasteiger partial charge in [-0.05, 0) is 38.3 Å². The number of carboxylic acid groups (broad SMARTS) is 1. The lowest BCUT2D eigenvalue weighted by Gasteiger charge is -2.34. The van der Waals surface area contributed by atoms with Crippen molar-refractivity contribution in [3.8, 4) is 0 Å². The van der Waals surface area contributed by atoms with Gasteiger partial charge in [-0.3, -0.25) is 9.78 Å². The molecule has 1 aliphatic heterocycles. The van der Waals surface area contributed by atoms with Gasteiger partial charge in [-0.2, -0.15) is 0 Å². The van der Waals surface area contributed by atoms with Crippen LogP contribution in [-0.4, -0.2) is 39.6 Å². The van der Waals surface area contributed by atoms with Crippen molar-refractivity contribution in [2.24, 2.45) is 0 Å². The van der Waals surface area contributed by atoms with Crippen molar-refractivity contribution in [1.29, 1.82) is 0 Å². The minimum Gasteiger partial charge on any atom is -0.481 e. The number of aliphatic carboxylic acids is 1. The molecule has 0 aliphatic carbocycles. The minimum absolute atomic E-state index is 0.000429. The molecule has 1 atom stereocenters. The van der Waals surface area contributed by atoms with E-state index < -0.39 is 5.97 Å². The summed E-state index contributed by atoms with van der Waals surface area (Å²) in [5.41, 5.74) is 1.50. The van der Waals surface area contributed by atoms with E-state index in [1.807, 2.05) is 13.0 Å². The number of aryl methyl sites for hydroxylation is 1. The average Bonchev–Trinajstić information content (AvgIpc) is 2.41. The zero-order valence-electron chi connectivity index (χ0n) is 11.5. The fourth-order valence-electron chi connectivity index (χ4n) is 2.42. The molecule has 1 saturated heterocycles. The molecule has 1 unspecified atom stereocenters. The van der Waals surface area contributed by atoms with Crippen LogP contribution in [0.15, 0.2) is 18.3 Å². The quantitative estimate of drug-likeness (QED) is 0.887. The number of hydrogen-bond donors (Lipinski definition) is 2. The van der Waals surface area contributed by atoms with Gasteiger partial charge in [-0.25, -0.2) is 4.79 Å². The van der Waals surface area contributed by atoms with E-state index in [1.54, 1.807) is 17.2 Å². The highest BCUT2D eigenvalue weighted by Crippen LogP contribution is 2.21. The van der Waals surface area contributed by atoms with E-state index >= 15 is 0 Å². The van der Waals surface area contributed by atoms with Gasteiger partial charge in [0.05, 0.1) is 18.3 Å². The molecular weight excluding hydrogens is 258 g/mol. The summed E-state index contributed by atoms with van der Waals surface area (Å²) in [5.74, 6) is -0.869. The van der Waals surface area contributed by atoms with E-state index in [2.05, 4.69) is 10.3 Å². The first-order valence-electron chi connectivity index (χ1n) is 6.78. The van der Waals surface area contributed by atoms with Crippen LogP contribution in [0.1, 0.15) is 31.4 Å². The number of carbonyl (C=O) groups is 2. The number of anilines is 1. The topological polar surface area (TPSA) is 82.5 Å². The molecule has 108 valence electrons. The number of pyridine rings is 1. The minimum atomic E-state index is -0.869. The highest BCUT2D eigenvalue weighted by molar-refractivity contribution is 5.89. The van der Waals surface area contributed by atoms with Crippen LogP contribution in [0.4, 0.5) is 10.5 Å². The normalized spacial score (nSPS) is 18.6. The van der Waals surface area contributed by atoms with Crippen LogP contribution in [-0.2, 0) is 4.79 Å². The number of nitrogens with zero attached hydrogens (tertiary/aromatic N) is 2. The molecule has 1 aromatic heterocycles. The SMILES string of the molecule is Cc1ccc(NC(=O)N2CCCCC2CC(=O)O)cn1. The lowest BCUT2D eigenvalue weighted by atomic mass is 10.00. The van der Waals surface area contributed by atoms with Crippen LogP contribution in [0, 0.1) is 6.92 Å². The summed E-state index contributed by atoms with van der Waals surface area (Å²) in [6.07, 6.45) is 4.22. The van der Waals surface area contributed by atoms with Gasteiger partial charge in [0.1, 0.15) is 0 Å². The maximum atomic E-state index is 12.2. The lowest BCUT2D eigenvalue weighted by Crippen LogP contribution is -2.46. The molecule has 2 rings (SSSR count). The number of carbonyl (C=O) groups excluding carboxylic acids is 1. The van der Waals surface area contributed by atoms with Gasteiger partial charge >= 0.3 is 12.0 Å². The first-order chi connectivity index (χ1) is 9.56. The Kier molecular flexibility index (Phi) is 4.55. The summed E-state index contributed by atoms with van der Waals surface area (Å²) < 4.78 is 0. The van der Waals surface area contributed by atoms with E-state index in [1.165, 1.54) is 0 Å². The fourth-order valence-corrected chi connectivity index (χ4v) is 2.42. The molecule has 2 N–H and O–H groups in total. The van der Waals surface area contributed by atoms with Crippen molar-refractivity contribution < 1.29 is 14.7 Å². The van der Waals surface area contributed by atoms with Crippen LogP contribution in [0.5, 0.6) is 0 Å². The van der Waals surface area contributed by atoms with Crippen LogP contribution in [0.2, 0.25) is 0 Å². The number of carboxylic acids is 1. The number of hydrogen-bond acceptors (Lipinski definition) is 3. The first-order valence-corrected chi connectivity index (χ1v) is 6.78. The van der Waals surface area contributed by atoms with Crippen LogP contribution < -0.4 is 5.32 Å². The van der Waals surface area contributed by atoms with Gasteiger partial charge in [-0.15, -0.1) is 0 Å². The van der Waals surface area contributed by atoms with Crippen molar-refractivity contribution in [1.82, 2.24) is 9.88 Å². The van der Waals surface area contributed by atoms with Gasteiger partial charge in [-0.1, -0.05) is 0 Å². The zero-order valence-corrected chi connectivity index (χ0v) is 11.5. The largest absolute Gasteiger partial charge is 0.481 e. The fraction of sp³-hybridized carbons (Fsp3) is 0.500. The Labute approximate surface area is 117 Å². The zero-order chi connectivity index (χ0) is 14.5. The Morgan fingerprint density at radius 3 is 2.90 bits per heavy atom. The second kappa shape index (κ2) is 6.36. The number of nitrogens with one attached hydrogen (secondary N) is 1. The molecule has 6 nitrogen and oxygen atoms in total. The third-order valence-electron chi connectivity index (χ3n) is 3.46. The maximum absolute atomic E-state index is 12.2. The molecule has 20 heavy (non-hydrogen) atoms. The molecule has 0 bridgehead atoms. The third kappa shape index (κ3) is 3.69. The average molecular weight is 277 g/mol. The number of rotatable bonds is 3. The van der Waals surface area contributed by atoms with E-state index in [0.29, 0.717) is 12.2 Å². The van der Waals surface area contributed by atoms with Crippen LogP contribution in [0.3, 0.4) is 0 Å². The Balaban J connectivity index is 2.01. The molecule has 1 aliphatic rings. The monoisotopic (exact) mass is 277 g/mol. The lowest BCUT2D eigenvalue weighted by molar-refractivity contribution is -0.138. The molecule has 2 amide bonds. The Bertz CT molecular complexity index is 487. The molecule has 0 radical (unpaired) electrons. The molecule has 0 aromatic carbocycles. The van der Waals surface area contributed by atoms with Gasteiger partial charge in [0.15, 0.2) is 0 Å². The van der Waals surface area contributed by atoms with Crippen molar-refractivity contribution in [3.05, 3.63) is 24.0 Å². The summed E-state index contributed by atoms with van der Waals surface area (Å²) >= 11 is 0. The molecular formula is C14H19N3O3. The van der Waals surface area contributed by atoms with Gasteiger partial charge in [0, 0.05) is 18.3 Å². The standard InChI is InChI=1S/C14H19N3O3/c1-10-5-6-11(9-15-10)16-14(20)17-7-3-2-4-12(17)8-13(18)19/h5-6,9,12H,2-4,7-8H2,1H3,(H,16,20)(H,18,19). The molecule has 6 heteroatoms. The summed E-state index contributed by atoms with van der Waals surface area (Å²) in [4.78, 5) is 28.8. The van der Waals surface area contributed by atoms with Gasteiger partial charge in [0.25, 0.3) is 0 Å². The van der Waals surface area contributed by atoms with Crippen molar-refractivity contribution in [3.63, 3.8) is 0 Å². The molecule has 1 aromatic rings. The second-order valence-electron chi connectivity index (χ2n) is 5.06. The Morgan fingerprint density at radius 1 is 1.45 bits per heavy atom.